The highest BCUT2D eigenvalue weighted by Gasteiger charge is 2.36. The zero-order valence-electron chi connectivity index (χ0n) is 22.3. The number of nitrogens with zero attached hydrogens (tertiary/aromatic N) is 4. The van der Waals surface area contributed by atoms with Gasteiger partial charge in [-0.1, -0.05) is 60.7 Å². The van der Waals surface area contributed by atoms with E-state index in [1.54, 1.807) is 0 Å². The van der Waals surface area contributed by atoms with Crippen LogP contribution in [0.4, 0.5) is 17.5 Å². The van der Waals surface area contributed by atoms with E-state index in [1.807, 2.05) is 73.7 Å². The summed E-state index contributed by atoms with van der Waals surface area (Å²) >= 11 is 0. The number of esters is 1. The molecule has 1 aliphatic rings. The van der Waals surface area contributed by atoms with E-state index in [9.17, 15) is 4.79 Å². The summed E-state index contributed by atoms with van der Waals surface area (Å²) in [4.78, 5) is 26.1. The quantitative estimate of drug-likeness (QED) is 0.328. The van der Waals surface area contributed by atoms with Crippen molar-refractivity contribution in [2.24, 2.45) is 0 Å². The van der Waals surface area contributed by atoms with E-state index in [4.69, 9.17) is 15.2 Å². The van der Waals surface area contributed by atoms with Crippen molar-refractivity contribution < 1.29 is 14.3 Å². The number of methoxy groups -OCH3 is 1. The van der Waals surface area contributed by atoms with Crippen LogP contribution in [0.15, 0.2) is 91.0 Å². The number of piperazine rings is 1. The Hall–Kier alpha value is -4.59. The molecule has 0 aliphatic carbocycles. The van der Waals surface area contributed by atoms with Gasteiger partial charge in [-0.15, -0.1) is 0 Å². The lowest BCUT2D eigenvalue weighted by Gasteiger charge is -2.36. The summed E-state index contributed by atoms with van der Waals surface area (Å²) in [5.74, 6) is 1.65. The average molecular weight is 524 g/mol. The summed E-state index contributed by atoms with van der Waals surface area (Å²) < 4.78 is 11.2. The van der Waals surface area contributed by atoms with Gasteiger partial charge in [0, 0.05) is 37.9 Å². The molecule has 8 nitrogen and oxygen atoms in total. The number of hydrogen-bond donors (Lipinski definition) is 1. The van der Waals surface area contributed by atoms with Crippen molar-refractivity contribution in [1.29, 1.82) is 0 Å². The molecule has 5 rings (SSSR count). The molecule has 2 heterocycles. The zero-order valence-corrected chi connectivity index (χ0v) is 22.3. The third kappa shape index (κ3) is 5.95. The number of anilines is 3. The van der Waals surface area contributed by atoms with E-state index in [2.05, 4.69) is 44.0 Å². The van der Waals surface area contributed by atoms with Crippen LogP contribution in [-0.2, 0) is 21.4 Å². The molecule has 4 aromatic rings. The molecule has 1 atom stereocenters. The molecule has 2 N–H and O–H groups in total. The number of hydrogen-bond acceptors (Lipinski definition) is 8. The number of para-hydroxylation sites is 1. The molecule has 1 aliphatic heterocycles. The first-order valence-electron chi connectivity index (χ1n) is 13.0. The van der Waals surface area contributed by atoms with Crippen LogP contribution in [0.3, 0.4) is 0 Å². The van der Waals surface area contributed by atoms with Crippen LogP contribution in [0, 0.1) is 0 Å². The van der Waals surface area contributed by atoms with Crippen molar-refractivity contribution in [1.82, 2.24) is 9.97 Å². The van der Waals surface area contributed by atoms with Gasteiger partial charge in [0.25, 0.3) is 0 Å². The molecule has 0 amide bonds. The lowest BCUT2D eigenvalue weighted by atomic mass is 9.77. The van der Waals surface area contributed by atoms with Crippen molar-refractivity contribution in [2.75, 3.05) is 48.8 Å². The lowest BCUT2D eigenvalue weighted by molar-refractivity contribution is -0.146. The number of aromatic nitrogens is 2. The first kappa shape index (κ1) is 26.0. The highest BCUT2D eigenvalue weighted by Crippen LogP contribution is 2.31. The maximum absolute atomic E-state index is 12.8. The Kier molecular flexibility index (Phi) is 7.63. The number of ether oxygens (including phenoxy) is 2. The first-order chi connectivity index (χ1) is 18.9. The van der Waals surface area contributed by atoms with E-state index < -0.39 is 5.41 Å². The van der Waals surface area contributed by atoms with Crippen LogP contribution in [0.1, 0.15) is 18.1 Å². The lowest BCUT2D eigenvalue weighted by Crippen LogP contribution is -2.46. The topological polar surface area (TPSA) is 93.8 Å². The van der Waals surface area contributed by atoms with Gasteiger partial charge >= 0.3 is 5.97 Å². The summed E-state index contributed by atoms with van der Waals surface area (Å²) in [5, 5.41) is 0. The van der Waals surface area contributed by atoms with Crippen molar-refractivity contribution >= 4 is 23.4 Å². The fourth-order valence-electron chi connectivity index (χ4n) is 5.00. The Balaban J connectivity index is 1.26. The molecular formula is C31H33N5O3. The van der Waals surface area contributed by atoms with Gasteiger partial charge in [0.15, 0.2) is 0 Å². The second-order valence-electron chi connectivity index (χ2n) is 9.84. The molecule has 0 saturated carbocycles. The SMILES string of the molecule is COC(=O)[C@@](C)(Cc1ccc(Oc2cc(N3CCN(c4ccccc4)CC3)nc(N)n2)cc1)c1ccccc1. The van der Waals surface area contributed by atoms with Gasteiger partial charge in [0.05, 0.1) is 12.5 Å². The molecule has 1 fully saturated rings. The smallest absolute Gasteiger partial charge is 0.316 e. The number of nitrogens with two attached hydrogens (primary N) is 1. The van der Waals surface area contributed by atoms with Crippen molar-refractivity contribution in [3.8, 4) is 11.6 Å². The normalized spacial score (nSPS) is 14.9. The highest BCUT2D eigenvalue weighted by atomic mass is 16.5. The zero-order chi connectivity index (χ0) is 27.2. The Bertz CT molecular complexity index is 1390. The van der Waals surface area contributed by atoms with Crippen molar-refractivity contribution in [3.05, 3.63) is 102 Å². The number of rotatable bonds is 8. The van der Waals surface area contributed by atoms with Gasteiger partial charge in [-0.05, 0) is 48.7 Å². The maximum Gasteiger partial charge on any atom is 0.316 e. The molecule has 0 bridgehead atoms. The summed E-state index contributed by atoms with van der Waals surface area (Å²) in [6.45, 7) is 5.32. The molecule has 8 heteroatoms. The summed E-state index contributed by atoms with van der Waals surface area (Å²) in [7, 11) is 1.42. The molecular weight excluding hydrogens is 490 g/mol. The fraction of sp³-hybridized carbons (Fsp3) is 0.258. The maximum atomic E-state index is 12.8. The third-order valence-corrected chi connectivity index (χ3v) is 7.18. The van der Waals surface area contributed by atoms with E-state index >= 15 is 0 Å². The van der Waals surface area contributed by atoms with Gasteiger partial charge in [0.2, 0.25) is 11.8 Å². The van der Waals surface area contributed by atoms with Gasteiger partial charge < -0.3 is 25.0 Å². The molecule has 0 unspecified atom stereocenters. The number of benzene rings is 3. The van der Waals surface area contributed by atoms with Crippen LogP contribution in [0.5, 0.6) is 11.6 Å². The number of carbonyl (C=O) groups is 1. The number of nitrogen functional groups attached to an aromatic ring is 1. The van der Waals surface area contributed by atoms with E-state index in [0.29, 0.717) is 18.1 Å². The van der Waals surface area contributed by atoms with E-state index in [-0.39, 0.29) is 11.9 Å². The summed E-state index contributed by atoms with van der Waals surface area (Å²) in [6, 6.07) is 29.6. The average Bonchev–Trinajstić information content (AvgIpc) is 2.98. The fourth-order valence-corrected chi connectivity index (χ4v) is 5.00. The van der Waals surface area contributed by atoms with Crippen molar-refractivity contribution in [3.63, 3.8) is 0 Å². The van der Waals surface area contributed by atoms with Gasteiger partial charge in [-0.25, -0.2) is 0 Å². The predicted octanol–water partition coefficient (Wildman–Crippen LogP) is 4.85. The Morgan fingerprint density at radius 1 is 0.872 bits per heavy atom. The third-order valence-electron chi connectivity index (χ3n) is 7.18. The molecule has 1 saturated heterocycles. The number of carbonyl (C=O) groups excluding carboxylic acids is 1. The summed E-state index contributed by atoms with van der Waals surface area (Å²) in [6.07, 6.45) is 0.490. The van der Waals surface area contributed by atoms with Crippen LogP contribution >= 0.6 is 0 Å². The minimum absolute atomic E-state index is 0.168. The molecule has 0 spiro atoms. The predicted molar refractivity (Wildman–Crippen MR) is 153 cm³/mol. The molecule has 3 aromatic carbocycles. The van der Waals surface area contributed by atoms with Gasteiger partial charge in [0.1, 0.15) is 11.6 Å². The van der Waals surface area contributed by atoms with Crippen LogP contribution < -0.4 is 20.3 Å². The highest BCUT2D eigenvalue weighted by molar-refractivity contribution is 5.83. The molecule has 200 valence electrons. The van der Waals surface area contributed by atoms with Crippen LogP contribution in [0.25, 0.3) is 0 Å². The Labute approximate surface area is 229 Å². The van der Waals surface area contributed by atoms with Crippen molar-refractivity contribution in [2.45, 2.75) is 18.8 Å². The van der Waals surface area contributed by atoms with E-state index in [1.165, 1.54) is 12.8 Å². The summed E-state index contributed by atoms with van der Waals surface area (Å²) in [5.41, 5.74) is 8.36. The molecule has 39 heavy (non-hydrogen) atoms. The second-order valence-corrected chi connectivity index (χ2v) is 9.84. The monoisotopic (exact) mass is 523 g/mol. The largest absolute Gasteiger partial charge is 0.468 e. The molecule has 1 aromatic heterocycles. The Morgan fingerprint density at radius 3 is 2.13 bits per heavy atom. The van der Waals surface area contributed by atoms with Gasteiger partial charge in [-0.3, -0.25) is 4.79 Å². The minimum Gasteiger partial charge on any atom is -0.468 e. The van der Waals surface area contributed by atoms with E-state index in [0.717, 1.165) is 43.1 Å². The minimum atomic E-state index is -0.807. The molecule has 0 radical (unpaired) electrons. The van der Waals surface area contributed by atoms with Crippen LogP contribution in [0.2, 0.25) is 0 Å². The standard InChI is InChI=1S/C31H33N5O3/c1-31(29(37)38-2,24-9-5-3-6-10-24)22-23-13-15-26(16-14-23)39-28-21-27(33-30(32)34-28)36-19-17-35(18-20-36)25-11-7-4-8-12-25/h3-16,21H,17-20,22H2,1-2H3,(H2,32,33,34)/t31-/m0/s1. The second kappa shape index (κ2) is 11.4. The van der Waals surface area contributed by atoms with Gasteiger partial charge in [-0.2, -0.15) is 9.97 Å². The van der Waals surface area contributed by atoms with Crippen LogP contribution in [-0.4, -0.2) is 49.2 Å². The first-order valence-corrected chi connectivity index (χ1v) is 13.0. The Morgan fingerprint density at radius 2 is 1.49 bits per heavy atom.